The van der Waals surface area contributed by atoms with Crippen molar-refractivity contribution in [3.8, 4) is 0 Å². The lowest BCUT2D eigenvalue weighted by atomic mass is 10.0. The van der Waals surface area contributed by atoms with Crippen molar-refractivity contribution in [2.45, 2.75) is 26.3 Å². The van der Waals surface area contributed by atoms with Gasteiger partial charge in [-0.25, -0.2) is 4.39 Å². The van der Waals surface area contributed by atoms with Crippen LogP contribution in [0.3, 0.4) is 0 Å². The van der Waals surface area contributed by atoms with E-state index in [1.165, 1.54) is 0 Å². The number of rotatable bonds is 2. The van der Waals surface area contributed by atoms with Crippen LogP contribution in [0.15, 0.2) is 12.1 Å². The monoisotopic (exact) mass is 252 g/mol. The van der Waals surface area contributed by atoms with Gasteiger partial charge in [0.15, 0.2) is 0 Å². The molecule has 2 N–H and O–H groups in total. The number of halogens is 1. The Kier molecular flexibility index (Phi) is 4.19. The van der Waals surface area contributed by atoms with Crippen LogP contribution >= 0.6 is 0 Å². The molecule has 0 amide bonds. The van der Waals surface area contributed by atoms with Crippen LogP contribution in [0, 0.1) is 12.7 Å². The third-order valence-electron chi connectivity index (χ3n) is 3.36. The largest absolute Gasteiger partial charge is 0.380 e. The maximum atomic E-state index is 13.7. The molecule has 0 unspecified atom stereocenters. The zero-order chi connectivity index (χ0) is 13.1. The van der Waals surface area contributed by atoms with Gasteiger partial charge in [-0.1, -0.05) is 0 Å². The zero-order valence-electron chi connectivity index (χ0n) is 11.1. The highest BCUT2D eigenvalue weighted by Crippen LogP contribution is 2.29. The molecule has 100 valence electrons. The Morgan fingerprint density at radius 2 is 2.11 bits per heavy atom. The van der Waals surface area contributed by atoms with Crippen LogP contribution < -0.4 is 10.6 Å². The summed E-state index contributed by atoms with van der Waals surface area (Å²) in [5.74, 6) is -0.183. The molecule has 4 heteroatoms. The van der Waals surface area contributed by atoms with Crippen molar-refractivity contribution < 1.29 is 9.13 Å². The van der Waals surface area contributed by atoms with Crippen LogP contribution in [0.4, 0.5) is 10.1 Å². The Hall–Kier alpha value is -1.13. The van der Waals surface area contributed by atoms with Crippen LogP contribution in [0.2, 0.25) is 0 Å². The first-order chi connectivity index (χ1) is 8.59. The highest BCUT2D eigenvalue weighted by molar-refractivity contribution is 5.57. The molecule has 0 radical (unpaired) electrons. The van der Waals surface area contributed by atoms with E-state index in [1.807, 2.05) is 13.0 Å². The number of anilines is 1. The second-order valence-corrected chi connectivity index (χ2v) is 4.90. The number of aryl methyl sites for hydroxylation is 1. The average molecular weight is 252 g/mol. The molecule has 1 fully saturated rings. The molecule has 1 aliphatic heterocycles. The first-order valence-electron chi connectivity index (χ1n) is 6.48. The van der Waals surface area contributed by atoms with E-state index in [0.29, 0.717) is 5.56 Å². The van der Waals surface area contributed by atoms with Crippen molar-refractivity contribution in [1.29, 1.82) is 0 Å². The minimum atomic E-state index is -0.183. The molecule has 3 nitrogen and oxygen atoms in total. The lowest BCUT2D eigenvalue weighted by molar-refractivity contribution is 0.152. The fraction of sp³-hybridized carbons (Fsp3) is 0.571. The average Bonchev–Trinajstić information content (AvgIpc) is 2.60. The molecule has 0 aliphatic carbocycles. The maximum absolute atomic E-state index is 13.7. The third kappa shape index (κ3) is 2.82. The van der Waals surface area contributed by atoms with Crippen LogP contribution in [-0.4, -0.2) is 26.3 Å². The van der Waals surface area contributed by atoms with Crippen LogP contribution in [0.1, 0.15) is 30.5 Å². The molecule has 1 heterocycles. The Bertz CT molecular complexity index is 413. The highest BCUT2D eigenvalue weighted by Gasteiger charge is 2.17. The second kappa shape index (κ2) is 5.67. The number of ether oxygens (including phenoxy) is 1. The summed E-state index contributed by atoms with van der Waals surface area (Å²) in [5, 5.41) is 0. The molecular formula is C14H21FN2O. The Balaban J connectivity index is 2.37. The second-order valence-electron chi connectivity index (χ2n) is 4.90. The molecule has 2 rings (SSSR count). The molecule has 18 heavy (non-hydrogen) atoms. The normalized spacial score (nSPS) is 18.6. The fourth-order valence-electron chi connectivity index (χ4n) is 2.31. The minimum absolute atomic E-state index is 0.167. The molecule has 0 bridgehead atoms. The van der Waals surface area contributed by atoms with Gasteiger partial charge in [0.2, 0.25) is 0 Å². The Morgan fingerprint density at radius 3 is 2.83 bits per heavy atom. The van der Waals surface area contributed by atoms with E-state index >= 15 is 0 Å². The first kappa shape index (κ1) is 13.3. The van der Waals surface area contributed by atoms with Crippen molar-refractivity contribution in [1.82, 2.24) is 0 Å². The van der Waals surface area contributed by atoms with E-state index in [0.717, 1.165) is 44.0 Å². The van der Waals surface area contributed by atoms with Crippen molar-refractivity contribution in [2.75, 3.05) is 31.2 Å². The molecule has 0 aromatic heterocycles. The van der Waals surface area contributed by atoms with E-state index in [-0.39, 0.29) is 11.9 Å². The van der Waals surface area contributed by atoms with Gasteiger partial charge in [0.1, 0.15) is 5.82 Å². The zero-order valence-corrected chi connectivity index (χ0v) is 11.1. The van der Waals surface area contributed by atoms with Gasteiger partial charge < -0.3 is 15.4 Å². The topological polar surface area (TPSA) is 38.5 Å². The molecule has 1 saturated heterocycles. The quantitative estimate of drug-likeness (QED) is 0.878. The van der Waals surface area contributed by atoms with Crippen molar-refractivity contribution >= 4 is 5.69 Å². The van der Waals surface area contributed by atoms with Crippen molar-refractivity contribution in [2.24, 2.45) is 5.73 Å². The van der Waals surface area contributed by atoms with Crippen molar-refractivity contribution in [3.05, 3.63) is 29.1 Å². The third-order valence-corrected chi connectivity index (χ3v) is 3.36. The summed E-state index contributed by atoms with van der Waals surface area (Å²) in [6.07, 6.45) is 0.995. The molecule has 1 aromatic carbocycles. The SMILES string of the molecule is Cc1cc(N2CCCOCC2)c([C@H](C)N)cc1F. The van der Waals surface area contributed by atoms with Crippen LogP contribution in [0.5, 0.6) is 0 Å². The van der Waals surface area contributed by atoms with E-state index in [2.05, 4.69) is 4.90 Å². The Morgan fingerprint density at radius 1 is 1.33 bits per heavy atom. The van der Waals surface area contributed by atoms with Gasteiger partial charge in [-0.2, -0.15) is 0 Å². The number of nitrogens with two attached hydrogens (primary N) is 1. The van der Waals surface area contributed by atoms with Gasteiger partial charge in [-0.3, -0.25) is 0 Å². The number of benzene rings is 1. The number of hydrogen-bond acceptors (Lipinski definition) is 3. The molecule has 1 aliphatic rings. The summed E-state index contributed by atoms with van der Waals surface area (Å²) in [7, 11) is 0. The van der Waals surface area contributed by atoms with E-state index in [4.69, 9.17) is 10.5 Å². The summed E-state index contributed by atoms with van der Waals surface area (Å²) in [6, 6.07) is 3.31. The Labute approximate surface area is 108 Å². The first-order valence-corrected chi connectivity index (χ1v) is 6.48. The summed E-state index contributed by atoms with van der Waals surface area (Å²) in [4.78, 5) is 2.25. The van der Waals surface area contributed by atoms with Gasteiger partial charge >= 0.3 is 0 Å². The number of nitrogens with zero attached hydrogens (tertiary/aromatic N) is 1. The smallest absolute Gasteiger partial charge is 0.126 e. The van der Waals surface area contributed by atoms with Gasteiger partial charge in [0, 0.05) is 31.4 Å². The molecule has 0 spiro atoms. The van der Waals surface area contributed by atoms with Gasteiger partial charge in [-0.15, -0.1) is 0 Å². The maximum Gasteiger partial charge on any atom is 0.126 e. The van der Waals surface area contributed by atoms with Crippen molar-refractivity contribution in [3.63, 3.8) is 0 Å². The van der Waals surface area contributed by atoms with Crippen LogP contribution in [-0.2, 0) is 4.74 Å². The summed E-state index contributed by atoms with van der Waals surface area (Å²) in [6.45, 7) is 6.97. The fourth-order valence-corrected chi connectivity index (χ4v) is 2.31. The molecule has 1 atom stereocenters. The lowest BCUT2D eigenvalue weighted by Crippen LogP contribution is -2.28. The highest BCUT2D eigenvalue weighted by atomic mass is 19.1. The standard InChI is InChI=1S/C14H21FN2O/c1-10-8-14(12(11(2)16)9-13(10)15)17-4-3-6-18-7-5-17/h8-9,11H,3-7,16H2,1-2H3/t11-/m0/s1. The van der Waals surface area contributed by atoms with Gasteiger partial charge in [-0.05, 0) is 43.5 Å². The minimum Gasteiger partial charge on any atom is -0.380 e. The van der Waals surface area contributed by atoms with Crippen LogP contribution in [0.25, 0.3) is 0 Å². The lowest BCUT2D eigenvalue weighted by Gasteiger charge is -2.27. The summed E-state index contributed by atoms with van der Waals surface area (Å²) < 4.78 is 19.1. The summed E-state index contributed by atoms with van der Waals surface area (Å²) in [5.41, 5.74) is 8.55. The van der Waals surface area contributed by atoms with E-state index < -0.39 is 0 Å². The molecular weight excluding hydrogens is 231 g/mol. The van der Waals surface area contributed by atoms with Gasteiger partial charge in [0.05, 0.1) is 6.61 Å². The predicted octanol–water partition coefficient (Wildman–Crippen LogP) is 2.38. The summed E-state index contributed by atoms with van der Waals surface area (Å²) >= 11 is 0. The number of hydrogen-bond donors (Lipinski definition) is 1. The van der Waals surface area contributed by atoms with E-state index in [1.54, 1.807) is 13.0 Å². The van der Waals surface area contributed by atoms with E-state index in [9.17, 15) is 4.39 Å². The predicted molar refractivity (Wildman–Crippen MR) is 71.4 cm³/mol. The van der Waals surface area contributed by atoms with Gasteiger partial charge in [0.25, 0.3) is 0 Å². The molecule has 0 saturated carbocycles. The molecule has 1 aromatic rings.